The molecule has 1 aromatic carbocycles. The zero-order valence-corrected chi connectivity index (χ0v) is 9.14. The van der Waals surface area contributed by atoms with E-state index in [1.165, 1.54) is 6.07 Å². The topological polar surface area (TPSA) is 35.2 Å². The lowest BCUT2D eigenvalue weighted by atomic mass is 10.0. The quantitative estimate of drug-likeness (QED) is 0.871. The van der Waals surface area contributed by atoms with Gasteiger partial charge in [0, 0.05) is 6.04 Å². The third-order valence-corrected chi connectivity index (χ3v) is 2.13. The SMILES string of the molecule is Cc1cc(OCC(F)(F)F)ccc1C(C)N. The van der Waals surface area contributed by atoms with Crippen LogP contribution in [0.5, 0.6) is 5.75 Å². The Balaban J connectivity index is 2.74. The summed E-state index contributed by atoms with van der Waals surface area (Å²) in [6.07, 6.45) is -4.31. The van der Waals surface area contributed by atoms with Crippen molar-refractivity contribution in [1.29, 1.82) is 0 Å². The number of nitrogens with two attached hydrogens (primary N) is 1. The molecule has 0 saturated heterocycles. The number of alkyl halides is 3. The Morgan fingerprint density at radius 1 is 1.38 bits per heavy atom. The van der Waals surface area contributed by atoms with Crippen LogP contribution in [0.2, 0.25) is 0 Å². The highest BCUT2D eigenvalue weighted by Crippen LogP contribution is 2.23. The molecule has 0 aromatic heterocycles. The number of halogens is 3. The second kappa shape index (κ2) is 4.74. The van der Waals surface area contributed by atoms with Crippen LogP contribution in [0.25, 0.3) is 0 Å². The highest BCUT2D eigenvalue weighted by Gasteiger charge is 2.28. The maximum Gasteiger partial charge on any atom is 0.422 e. The average Bonchev–Trinajstić information content (AvgIpc) is 2.13. The molecule has 1 unspecified atom stereocenters. The second-order valence-corrected chi connectivity index (χ2v) is 3.71. The van der Waals surface area contributed by atoms with Crippen molar-refractivity contribution in [3.63, 3.8) is 0 Å². The molecule has 2 nitrogen and oxygen atoms in total. The van der Waals surface area contributed by atoms with Crippen LogP contribution >= 0.6 is 0 Å². The zero-order valence-electron chi connectivity index (χ0n) is 9.14. The normalized spacial score (nSPS) is 13.6. The van der Waals surface area contributed by atoms with Crippen molar-refractivity contribution in [1.82, 2.24) is 0 Å². The fourth-order valence-electron chi connectivity index (χ4n) is 1.41. The van der Waals surface area contributed by atoms with Crippen LogP contribution in [-0.4, -0.2) is 12.8 Å². The Hall–Kier alpha value is -1.23. The van der Waals surface area contributed by atoms with Crippen molar-refractivity contribution in [2.75, 3.05) is 6.61 Å². The fourth-order valence-corrected chi connectivity index (χ4v) is 1.41. The average molecular weight is 233 g/mol. The van der Waals surface area contributed by atoms with Gasteiger partial charge in [0.05, 0.1) is 0 Å². The number of rotatable bonds is 3. The van der Waals surface area contributed by atoms with E-state index < -0.39 is 12.8 Å². The number of ether oxygens (including phenoxy) is 1. The molecule has 0 aliphatic carbocycles. The van der Waals surface area contributed by atoms with Crippen LogP contribution < -0.4 is 10.5 Å². The molecule has 0 saturated carbocycles. The monoisotopic (exact) mass is 233 g/mol. The summed E-state index contributed by atoms with van der Waals surface area (Å²) in [5.74, 6) is 0.208. The lowest BCUT2D eigenvalue weighted by Gasteiger charge is -2.13. The molecular weight excluding hydrogens is 219 g/mol. The van der Waals surface area contributed by atoms with Crippen LogP contribution in [0.15, 0.2) is 18.2 Å². The molecule has 0 radical (unpaired) electrons. The molecule has 1 rings (SSSR count). The standard InChI is InChI=1S/C11H14F3NO/c1-7-5-9(16-6-11(12,13)14)3-4-10(7)8(2)15/h3-5,8H,6,15H2,1-2H3. The Bertz CT molecular complexity index is 361. The minimum Gasteiger partial charge on any atom is -0.484 e. The van der Waals surface area contributed by atoms with Crippen molar-refractivity contribution in [3.8, 4) is 5.75 Å². The van der Waals surface area contributed by atoms with Crippen molar-refractivity contribution in [3.05, 3.63) is 29.3 Å². The second-order valence-electron chi connectivity index (χ2n) is 3.71. The molecule has 0 aliphatic rings. The van der Waals surface area contributed by atoms with Gasteiger partial charge < -0.3 is 10.5 Å². The number of benzene rings is 1. The van der Waals surface area contributed by atoms with Crippen molar-refractivity contribution in [2.24, 2.45) is 5.73 Å². The van der Waals surface area contributed by atoms with Gasteiger partial charge in [-0.25, -0.2) is 0 Å². The molecule has 0 heterocycles. The molecule has 0 fully saturated rings. The molecular formula is C11H14F3NO. The van der Waals surface area contributed by atoms with E-state index in [4.69, 9.17) is 5.73 Å². The first-order chi connectivity index (χ1) is 7.29. The zero-order chi connectivity index (χ0) is 12.3. The van der Waals surface area contributed by atoms with Crippen LogP contribution in [0.4, 0.5) is 13.2 Å². The summed E-state index contributed by atoms with van der Waals surface area (Å²) in [5.41, 5.74) is 7.42. The van der Waals surface area contributed by atoms with Gasteiger partial charge in [0.2, 0.25) is 0 Å². The largest absolute Gasteiger partial charge is 0.484 e. The van der Waals surface area contributed by atoms with E-state index in [1.807, 2.05) is 6.92 Å². The first-order valence-corrected chi connectivity index (χ1v) is 4.85. The van der Waals surface area contributed by atoms with E-state index >= 15 is 0 Å². The van der Waals surface area contributed by atoms with Crippen molar-refractivity contribution >= 4 is 0 Å². The van der Waals surface area contributed by atoms with E-state index in [1.54, 1.807) is 19.1 Å². The van der Waals surface area contributed by atoms with Gasteiger partial charge >= 0.3 is 6.18 Å². The van der Waals surface area contributed by atoms with E-state index in [0.717, 1.165) is 11.1 Å². The maximum absolute atomic E-state index is 11.9. The predicted octanol–water partition coefficient (Wildman–Crippen LogP) is 2.96. The van der Waals surface area contributed by atoms with E-state index in [0.29, 0.717) is 0 Å². The van der Waals surface area contributed by atoms with E-state index in [-0.39, 0.29) is 11.8 Å². The smallest absolute Gasteiger partial charge is 0.422 e. The molecule has 1 atom stereocenters. The first-order valence-electron chi connectivity index (χ1n) is 4.85. The molecule has 5 heteroatoms. The Morgan fingerprint density at radius 2 is 2.00 bits per heavy atom. The highest BCUT2D eigenvalue weighted by molar-refractivity contribution is 5.36. The van der Waals surface area contributed by atoms with Gasteiger partial charge in [0.25, 0.3) is 0 Å². The Labute approximate surface area is 92.2 Å². The summed E-state index contributed by atoms with van der Waals surface area (Å²) in [6.45, 7) is 2.34. The Morgan fingerprint density at radius 3 is 2.44 bits per heavy atom. The van der Waals surface area contributed by atoms with Crippen molar-refractivity contribution < 1.29 is 17.9 Å². The molecule has 0 amide bonds. The minimum absolute atomic E-state index is 0.142. The lowest BCUT2D eigenvalue weighted by molar-refractivity contribution is -0.153. The summed E-state index contributed by atoms with van der Waals surface area (Å²) in [6, 6.07) is 4.60. The summed E-state index contributed by atoms with van der Waals surface area (Å²) in [4.78, 5) is 0. The Kier molecular flexibility index (Phi) is 3.80. The molecule has 16 heavy (non-hydrogen) atoms. The van der Waals surface area contributed by atoms with Gasteiger partial charge in [0.1, 0.15) is 5.75 Å². The van der Waals surface area contributed by atoms with E-state index in [9.17, 15) is 13.2 Å². The van der Waals surface area contributed by atoms with Crippen LogP contribution in [0.3, 0.4) is 0 Å². The van der Waals surface area contributed by atoms with Crippen LogP contribution in [0, 0.1) is 6.92 Å². The van der Waals surface area contributed by atoms with Crippen molar-refractivity contribution in [2.45, 2.75) is 26.1 Å². The fraction of sp³-hybridized carbons (Fsp3) is 0.455. The molecule has 90 valence electrons. The number of hydrogen-bond donors (Lipinski definition) is 1. The van der Waals surface area contributed by atoms with Gasteiger partial charge in [-0.1, -0.05) is 6.07 Å². The summed E-state index contributed by atoms with van der Waals surface area (Å²) >= 11 is 0. The number of aryl methyl sites for hydroxylation is 1. The van der Waals surface area contributed by atoms with Gasteiger partial charge in [-0.05, 0) is 37.1 Å². The first kappa shape index (κ1) is 12.8. The third-order valence-electron chi connectivity index (χ3n) is 2.13. The third kappa shape index (κ3) is 3.73. The molecule has 0 aliphatic heterocycles. The molecule has 1 aromatic rings. The summed E-state index contributed by atoms with van der Waals surface area (Å²) in [7, 11) is 0. The molecule has 2 N–H and O–H groups in total. The summed E-state index contributed by atoms with van der Waals surface area (Å²) in [5, 5.41) is 0. The van der Waals surface area contributed by atoms with Gasteiger partial charge in [0.15, 0.2) is 6.61 Å². The minimum atomic E-state index is -4.31. The maximum atomic E-state index is 11.9. The van der Waals surface area contributed by atoms with Crippen LogP contribution in [0.1, 0.15) is 24.1 Å². The van der Waals surface area contributed by atoms with E-state index in [2.05, 4.69) is 4.74 Å². The molecule has 0 spiro atoms. The van der Waals surface area contributed by atoms with Gasteiger partial charge in [-0.2, -0.15) is 13.2 Å². The van der Waals surface area contributed by atoms with Gasteiger partial charge in [-0.15, -0.1) is 0 Å². The summed E-state index contributed by atoms with van der Waals surface area (Å²) < 4.78 is 40.3. The number of hydrogen-bond acceptors (Lipinski definition) is 2. The lowest BCUT2D eigenvalue weighted by Crippen LogP contribution is -2.19. The van der Waals surface area contributed by atoms with Gasteiger partial charge in [-0.3, -0.25) is 0 Å². The van der Waals surface area contributed by atoms with Crippen LogP contribution in [-0.2, 0) is 0 Å². The highest BCUT2D eigenvalue weighted by atomic mass is 19.4. The predicted molar refractivity (Wildman–Crippen MR) is 55.3 cm³/mol. The molecule has 0 bridgehead atoms.